The first-order chi connectivity index (χ1) is 14.1. The third kappa shape index (κ3) is 5.57. The van der Waals surface area contributed by atoms with E-state index in [9.17, 15) is 9.59 Å². The number of para-hydroxylation sites is 2. The first-order valence-corrected chi connectivity index (χ1v) is 10.0. The van der Waals surface area contributed by atoms with Gasteiger partial charge in [0.05, 0.1) is 18.7 Å². The van der Waals surface area contributed by atoms with Gasteiger partial charge in [-0.1, -0.05) is 42.5 Å². The zero-order chi connectivity index (χ0) is 20.6. The number of hydrogen-bond donors (Lipinski definition) is 1. The maximum atomic E-state index is 12.5. The molecule has 1 aliphatic heterocycles. The predicted octanol–water partition coefficient (Wildman–Crippen LogP) is 2.69. The number of carbonyl (C=O) groups excluding carboxylic acids is 2. The highest BCUT2D eigenvalue weighted by Crippen LogP contribution is 2.32. The number of amides is 2. The minimum absolute atomic E-state index is 0.0442. The molecule has 1 saturated heterocycles. The third-order valence-electron chi connectivity index (χ3n) is 5.18. The summed E-state index contributed by atoms with van der Waals surface area (Å²) in [6.45, 7) is 2.78. The van der Waals surface area contributed by atoms with Crippen LogP contribution in [-0.2, 0) is 16.1 Å². The van der Waals surface area contributed by atoms with E-state index in [-0.39, 0.29) is 24.2 Å². The van der Waals surface area contributed by atoms with Gasteiger partial charge in [0.15, 0.2) is 0 Å². The normalized spacial score (nSPS) is 16.3. The van der Waals surface area contributed by atoms with E-state index in [1.807, 2.05) is 42.5 Å². The molecule has 29 heavy (non-hydrogen) atoms. The van der Waals surface area contributed by atoms with Crippen LogP contribution in [0.3, 0.4) is 0 Å². The maximum absolute atomic E-state index is 12.5. The molecule has 0 unspecified atom stereocenters. The molecule has 1 fully saturated rings. The van der Waals surface area contributed by atoms with Crippen LogP contribution in [0.15, 0.2) is 54.6 Å². The van der Waals surface area contributed by atoms with Crippen molar-refractivity contribution in [2.24, 2.45) is 5.92 Å². The van der Waals surface area contributed by atoms with Crippen molar-refractivity contribution in [2.45, 2.75) is 19.4 Å². The highest BCUT2D eigenvalue weighted by Gasteiger charge is 2.36. The van der Waals surface area contributed by atoms with Crippen molar-refractivity contribution in [1.29, 1.82) is 0 Å². The number of methoxy groups -OCH3 is 1. The monoisotopic (exact) mass is 395 g/mol. The first kappa shape index (κ1) is 20.9. The lowest BCUT2D eigenvalue weighted by Gasteiger charge is -2.19. The molecule has 3 rings (SSSR count). The number of rotatable bonds is 9. The van der Waals surface area contributed by atoms with E-state index >= 15 is 0 Å². The molecule has 6 nitrogen and oxygen atoms in total. The number of hydrogen-bond acceptors (Lipinski definition) is 4. The van der Waals surface area contributed by atoms with E-state index < -0.39 is 0 Å². The molecule has 0 saturated carbocycles. The van der Waals surface area contributed by atoms with Crippen LogP contribution in [-0.4, -0.2) is 50.5 Å². The third-order valence-corrected chi connectivity index (χ3v) is 5.18. The smallest absolute Gasteiger partial charge is 0.227 e. The second-order valence-electron chi connectivity index (χ2n) is 7.45. The van der Waals surface area contributed by atoms with Gasteiger partial charge < -0.3 is 19.9 Å². The average Bonchev–Trinajstić information content (AvgIpc) is 3.13. The Balaban J connectivity index is 1.42. The molecular weight excluding hydrogens is 366 g/mol. The van der Waals surface area contributed by atoms with Gasteiger partial charge in [0.1, 0.15) is 5.75 Å². The summed E-state index contributed by atoms with van der Waals surface area (Å²) in [5.41, 5.74) is 2.00. The Morgan fingerprint density at radius 1 is 1.17 bits per heavy atom. The van der Waals surface area contributed by atoms with Crippen LogP contribution in [0, 0.1) is 5.92 Å². The standard InChI is InChI=1S/C23H29N3O3/c1-25(16-18-9-4-3-5-10-18)14-8-13-24-23(28)19-15-22(27)26(17-19)20-11-6-7-12-21(20)29-2/h3-7,9-12,19H,8,13-17H2,1-2H3,(H,24,28)/t19-/m0/s1. The molecule has 2 aromatic carbocycles. The van der Waals surface area contributed by atoms with Crippen LogP contribution >= 0.6 is 0 Å². The van der Waals surface area contributed by atoms with Crippen molar-refractivity contribution < 1.29 is 14.3 Å². The number of nitrogens with zero attached hydrogens (tertiary/aromatic N) is 2. The highest BCUT2D eigenvalue weighted by atomic mass is 16.5. The summed E-state index contributed by atoms with van der Waals surface area (Å²) in [5.74, 6) is 0.219. The molecule has 2 amide bonds. The predicted molar refractivity (Wildman–Crippen MR) is 114 cm³/mol. The van der Waals surface area contributed by atoms with Crippen molar-refractivity contribution in [3.63, 3.8) is 0 Å². The van der Waals surface area contributed by atoms with Crippen LogP contribution in [0.25, 0.3) is 0 Å². The van der Waals surface area contributed by atoms with E-state index in [1.54, 1.807) is 12.0 Å². The Labute approximate surface area is 172 Å². The lowest BCUT2D eigenvalue weighted by atomic mass is 10.1. The molecule has 0 radical (unpaired) electrons. The van der Waals surface area contributed by atoms with Crippen molar-refractivity contribution in [3.8, 4) is 5.75 Å². The minimum Gasteiger partial charge on any atom is -0.495 e. The largest absolute Gasteiger partial charge is 0.495 e. The van der Waals surface area contributed by atoms with E-state index in [2.05, 4.69) is 29.4 Å². The molecule has 1 heterocycles. The summed E-state index contributed by atoms with van der Waals surface area (Å²) in [7, 11) is 3.66. The van der Waals surface area contributed by atoms with Gasteiger partial charge >= 0.3 is 0 Å². The topological polar surface area (TPSA) is 61.9 Å². The Bertz CT molecular complexity index is 825. The van der Waals surface area contributed by atoms with Crippen LogP contribution in [0.5, 0.6) is 5.75 Å². The van der Waals surface area contributed by atoms with Crippen molar-refractivity contribution in [2.75, 3.05) is 38.7 Å². The van der Waals surface area contributed by atoms with E-state index in [0.29, 0.717) is 18.8 Å². The van der Waals surface area contributed by atoms with Gasteiger partial charge in [0.25, 0.3) is 0 Å². The summed E-state index contributed by atoms with van der Waals surface area (Å²) >= 11 is 0. The highest BCUT2D eigenvalue weighted by molar-refractivity contribution is 6.01. The molecule has 0 aliphatic carbocycles. The lowest BCUT2D eigenvalue weighted by Crippen LogP contribution is -2.34. The Morgan fingerprint density at radius 2 is 1.90 bits per heavy atom. The molecule has 154 valence electrons. The fourth-order valence-electron chi connectivity index (χ4n) is 3.65. The summed E-state index contributed by atoms with van der Waals surface area (Å²) in [4.78, 5) is 28.8. The van der Waals surface area contributed by atoms with Crippen LogP contribution < -0.4 is 15.0 Å². The van der Waals surface area contributed by atoms with Gasteiger partial charge in [-0.15, -0.1) is 0 Å². The van der Waals surface area contributed by atoms with Gasteiger partial charge in [0, 0.05) is 26.1 Å². The van der Waals surface area contributed by atoms with E-state index in [0.717, 1.165) is 25.2 Å². The van der Waals surface area contributed by atoms with Crippen molar-refractivity contribution >= 4 is 17.5 Å². The molecule has 0 bridgehead atoms. The fourth-order valence-corrected chi connectivity index (χ4v) is 3.65. The molecule has 0 spiro atoms. The quantitative estimate of drug-likeness (QED) is 0.663. The average molecular weight is 396 g/mol. The van der Waals surface area contributed by atoms with Gasteiger partial charge in [-0.25, -0.2) is 0 Å². The Hall–Kier alpha value is -2.86. The molecule has 6 heteroatoms. The SMILES string of the molecule is COc1ccccc1N1C[C@@H](C(=O)NCCCN(C)Cc2ccccc2)CC1=O. The summed E-state index contributed by atoms with van der Waals surface area (Å²) in [5, 5.41) is 2.99. The Morgan fingerprint density at radius 3 is 2.66 bits per heavy atom. The number of benzene rings is 2. The van der Waals surface area contributed by atoms with Crippen molar-refractivity contribution in [3.05, 3.63) is 60.2 Å². The van der Waals surface area contributed by atoms with Gasteiger partial charge in [-0.2, -0.15) is 0 Å². The van der Waals surface area contributed by atoms with Crippen LogP contribution in [0.4, 0.5) is 5.69 Å². The molecular formula is C23H29N3O3. The second-order valence-corrected chi connectivity index (χ2v) is 7.45. The van der Waals surface area contributed by atoms with Gasteiger partial charge in [-0.3, -0.25) is 9.59 Å². The van der Waals surface area contributed by atoms with E-state index in [4.69, 9.17) is 4.74 Å². The zero-order valence-electron chi connectivity index (χ0n) is 17.1. The first-order valence-electron chi connectivity index (χ1n) is 10.0. The molecule has 1 N–H and O–H groups in total. The van der Waals surface area contributed by atoms with Gasteiger partial charge in [-0.05, 0) is 37.7 Å². The summed E-state index contributed by atoms with van der Waals surface area (Å²) in [6, 6.07) is 17.7. The number of ether oxygens (including phenoxy) is 1. The molecule has 1 atom stereocenters. The second kappa shape index (κ2) is 10.1. The molecule has 2 aromatic rings. The summed E-state index contributed by atoms with van der Waals surface area (Å²) in [6.07, 6.45) is 1.10. The number of anilines is 1. The minimum atomic E-state index is -0.325. The molecule has 0 aromatic heterocycles. The van der Waals surface area contributed by atoms with Gasteiger partial charge in [0.2, 0.25) is 11.8 Å². The number of carbonyl (C=O) groups is 2. The maximum Gasteiger partial charge on any atom is 0.227 e. The van der Waals surface area contributed by atoms with Crippen LogP contribution in [0.1, 0.15) is 18.4 Å². The van der Waals surface area contributed by atoms with E-state index in [1.165, 1.54) is 5.56 Å². The number of nitrogens with one attached hydrogen (secondary N) is 1. The summed E-state index contributed by atoms with van der Waals surface area (Å²) < 4.78 is 5.35. The fraction of sp³-hybridized carbons (Fsp3) is 0.391. The zero-order valence-corrected chi connectivity index (χ0v) is 17.1. The Kier molecular flexibility index (Phi) is 7.25. The lowest BCUT2D eigenvalue weighted by molar-refractivity contribution is -0.126. The van der Waals surface area contributed by atoms with Crippen molar-refractivity contribution in [1.82, 2.24) is 10.2 Å². The molecule has 1 aliphatic rings. The van der Waals surface area contributed by atoms with Crippen LogP contribution in [0.2, 0.25) is 0 Å².